The Hall–Kier alpha value is -2.97. The van der Waals surface area contributed by atoms with E-state index in [2.05, 4.69) is 21.3 Å². The SMILES string of the molecule is O=C(Nc1ccc2c(c1F)CCNC2=O)C(=O)NC1(C(=O)NCC2CC2)CCCC1. The van der Waals surface area contributed by atoms with Crippen LogP contribution in [0, 0.1) is 11.7 Å². The molecule has 0 saturated heterocycles. The Bertz CT molecular complexity index is 907. The lowest BCUT2D eigenvalue weighted by molar-refractivity contribution is -0.140. The van der Waals surface area contributed by atoms with Crippen molar-refractivity contribution in [2.24, 2.45) is 5.92 Å². The number of hydrogen-bond acceptors (Lipinski definition) is 4. The van der Waals surface area contributed by atoms with Crippen LogP contribution in [0.25, 0.3) is 0 Å². The number of amides is 4. The maximum Gasteiger partial charge on any atom is 0.313 e. The molecular formula is C21H25FN4O4. The first-order valence-electron chi connectivity index (χ1n) is 10.4. The molecule has 1 aromatic carbocycles. The minimum Gasteiger partial charge on any atom is -0.354 e. The van der Waals surface area contributed by atoms with Crippen molar-refractivity contribution in [3.05, 3.63) is 29.1 Å². The Kier molecular flexibility index (Phi) is 5.44. The van der Waals surface area contributed by atoms with Gasteiger partial charge in [0.05, 0.1) is 5.69 Å². The molecule has 0 aromatic heterocycles. The molecule has 1 heterocycles. The van der Waals surface area contributed by atoms with Crippen LogP contribution >= 0.6 is 0 Å². The van der Waals surface area contributed by atoms with Crippen LogP contribution in [0.4, 0.5) is 10.1 Å². The molecule has 4 N–H and O–H groups in total. The standard InChI is InChI=1S/C21H25FN4O4/c22-16-13-7-10-23-17(27)14(13)5-6-15(16)25-18(28)19(29)26-21(8-1-2-9-21)20(30)24-11-12-3-4-12/h5-6,12H,1-4,7-11H2,(H,23,27)(H,24,30)(H,25,28)(H,26,29). The summed E-state index contributed by atoms with van der Waals surface area (Å²) in [6.45, 7) is 0.885. The second kappa shape index (κ2) is 8.04. The third kappa shape index (κ3) is 4.01. The highest BCUT2D eigenvalue weighted by atomic mass is 19.1. The average Bonchev–Trinajstić information content (AvgIpc) is 3.45. The molecule has 1 aromatic rings. The number of benzene rings is 1. The molecule has 4 rings (SSSR count). The van der Waals surface area contributed by atoms with Crippen molar-refractivity contribution in [1.29, 1.82) is 0 Å². The average molecular weight is 416 g/mol. The number of anilines is 1. The summed E-state index contributed by atoms with van der Waals surface area (Å²) < 4.78 is 14.8. The number of halogens is 1. The first-order chi connectivity index (χ1) is 14.4. The molecule has 3 aliphatic rings. The van der Waals surface area contributed by atoms with E-state index in [1.165, 1.54) is 12.1 Å². The molecule has 0 unspecified atom stereocenters. The first kappa shape index (κ1) is 20.3. The number of fused-ring (bicyclic) bond motifs is 1. The molecule has 160 valence electrons. The van der Waals surface area contributed by atoms with Crippen LogP contribution < -0.4 is 21.3 Å². The van der Waals surface area contributed by atoms with E-state index in [0.717, 1.165) is 25.7 Å². The molecule has 0 radical (unpaired) electrons. The Balaban J connectivity index is 1.43. The molecule has 4 amide bonds. The summed E-state index contributed by atoms with van der Waals surface area (Å²) in [5.74, 6) is -2.88. The third-order valence-electron chi connectivity index (χ3n) is 6.10. The van der Waals surface area contributed by atoms with Crippen LogP contribution in [-0.4, -0.2) is 42.3 Å². The van der Waals surface area contributed by atoms with Gasteiger partial charge in [0.25, 0.3) is 5.91 Å². The smallest absolute Gasteiger partial charge is 0.313 e. The summed E-state index contributed by atoms with van der Waals surface area (Å²) >= 11 is 0. The van der Waals surface area contributed by atoms with Gasteiger partial charge in [-0.1, -0.05) is 12.8 Å². The quantitative estimate of drug-likeness (QED) is 0.536. The van der Waals surface area contributed by atoms with E-state index in [4.69, 9.17) is 0 Å². The van der Waals surface area contributed by atoms with Gasteiger partial charge < -0.3 is 21.3 Å². The number of nitrogens with one attached hydrogen (secondary N) is 4. The summed E-state index contributed by atoms with van der Waals surface area (Å²) in [6, 6.07) is 2.68. The molecule has 2 saturated carbocycles. The maximum absolute atomic E-state index is 14.8. The zero-order valence-corrected chi connectivity index (χ0v) is 16.6. The van der Waals surface area contributed by atoms with E-state index < -0.39 is 23.2 Å². The first-order valence-corrected chi connectivity index (χ1v) is 10.4. The van der Waals surface area contributed by atoms with Gasteiger partial charge in [0, 0.05) is 24.2 Å². The fourth-order valence-electron chi connectivity index (χ4n) is 4.14. The van der Waals surface area contributed by atoms with Gasteiger partial charge in [-0.05, 0) is 50.2 Å². The fraction of sp³-hybridized carbons (Fsp3) is 0.524. The second-order valence-corrected chi connectivity index (χ2v) is 8.31. The van der Waals surface area contributed by atoms with Gasteiger partial charge >= 0.3 is 11.8 Å². The zero-order chi connectivity index (χ0) is 21.3. The normalized spacial score (nSPS) is 19.4. The van der Waals surface area contributed by atoms with Crippen LogP contribution in [0.15, 0.2) is 12.1 Å². The van der Waals surface area contributed by atoms with Crippen LogP contribution in [0.3, 0.4) is 0 Å². The Labute approximate surface area is 173 Å². The fourth-order valence-corrected chi connectivity index (χ4v) is 4.14. The van der Waals surface area contributed by atoms with E-state index in [-0.39, 0.29) is 28.6 Å². The summed E-state index contributed by atoms with van der Waals surface area (Å²) in [4.78, 5) is 49.5. The Morgan fingerprint density at radius 3 is 2.57 bits per heavy atom. The molecule has 9 heteroatoms. The van der Waals surface area contributed by atoms with Gasteiger partial charge in [-0.3, -0.25) is 19.2 Å². The van der Waals surface area contributed by atoms with E-state index in [0.29, 0.717) is 38.3 Å². The van der Waals surface area contributed by atoms with Crippen molar-refractivity contribution in [3.8, 4) is 0 Å². The van der Waals surface area contributed by atoms with Crippen molar-refractivity contribution >= 4 is 29.3 Å². The van der Waals surface area contributed by atoms with Crippen molar-refractivity contribution < 1.29 is 23.6 Å². The van der Waals surface area contributed by atoms with Gasteiger partial charge in [0.15, 0.2) is 5.82 Å². The van der Waals surface area contributed by atoms with Crippen molar-refractivity contribution in [2.75, 3.05) is 18.4 Å². The molecule has 2 fully saturated rings. The Morgan fingerprint density at radius 2 is 1.87 bits per heavy atom. The van der Waals surface area contributed by atoms with E-state index in [9.17, 15) is 23.6 Å². The topological polar surface area (TPSA) is 116 Å². The highest BCUT2D eigenvalue weighted by molar-refractivity contribution is 6.40. The predicted molar refractivity (Wildman–Crippen MR) is 106 cm³/mol. The predicted octanol–water partition coefficient (Wildman–Crippen LogP) is 1.01. The number of carbonyl (C=O) groups is 4. The number of rotatable bonds is 5. The number of carbonyl (C=O) groups excluding carboxylic acids is 4. The summed E-state index contributed by atoms with van der Waals surface area (Å²) in [6.07, 6.45) is 4.97. The van der Waals surface area contributed by atoms with Crippen LogP contribution in [0.5, 0.6) is 0 Å². The van der Waals surface area contributed by atoms with E-state index in [1.807, 2.05) is 0 Å². The molecule has 30 heavy (non-hydrogen) atoms. The lowest BCUT2D eigenvalue weighted by Crippen LogP contribution is -2.59. The minimum absolute atomic E-state index is 0.165. The number of hydrogen-bond donors (Lipinski definition) is 4. The molecule has 0 spiro atoms. The lowest BCUT2D eigenvalue weighted by atomic mass is 9.96. The van der Waals surface area contributed by atoms with Gasteiger partial charge in [-0.15, -0.1) is 0 Å². The second-order valence-electron chi connectivity index (χ2n) is 8.31. The lowest BCUT2D eigenvalue weighted by Gasteiger charge is -2.28. The molecule has 0 bridgehead atoms. The van der Waals surface area contributed by atoms with Crippen molar-refractivity contribution in [1.82, 2.24) is 16.0 Å². The highest BCUT2D eigenvalue weighted by Crippen LogP contribution is 2.32. The molecule has 1 aliphatic heterocycles. The monoisotopic (exact) mass is 416 g/mol. The molecule has 2 aliphatic carbocycles. The molecule has 8 nitrogen and oxygen atoms in total. The Morgan fingerprint density at radius 1 is 1.13 bits per heavy atom. The molecule has 0 atom stereocenters. The van der Waals surface area contributed by atoms with Gasteiger partial charge in [-0.2, -0.15) is 0 Å². The summed E-state index contributed by atoms with van der Waals surface area (Å²) in [5.41, 5.74) is -0.833. The van der Waals surface area contributed by atoms with Gasteiger partial charge in [0.2, 0.25) is 5.91 Å². The molecular weight excluding hydrogens is 391 g/mol. The van der Waals surface area contributed by atoms with Crippen LogP contribution in [0.1, 0.15) is 54.4 Å². The van der Waals surface area contributed by atoms with Crippen LogP contribution in [0.2, 0.25) is 0 Å². The summed E-state index contributed by atoms with van der Waals surface area (Å²) in [7, 11) is 0. The van der Waals surface area contributed by atoms with E-state index >= 15 is 0 Å². The van der Waals surface area contributed by atoms with Gasteiger partial charge in [0.1, 0.15) is 5.54 Å². The van der Waals surface area contributed by atoms with Crippen LogP contribution in [-0.2, 0) is 20.8 Å². The van der Waals surface area contributed by atoms with Crippen molar-refractivity contribution in [2.45, 2.75) is 50.5 Å². The van der Waals surface area contributed by atoms with Crippen molar-refractivity contribution in [3.63, 3.8) is 0 Å². The van der Waals surface area contributed by atoms with E-state index in [1.54, 1.807) is 0 Å². The summed E-state index contributed by atoms with van der Waals surface area (Å²) in [5, 5.41) is 10.4. The highest BCUT2D eigenvalue weighted by Gasteiger charge is 2.43. The third-order valence-corrected chi connectivity index (χ3v) is 6.10. The minimum atomic E-state index is -1.10. The largest absolute Gasteiger partial charge is 0.354 e. The maximum atomic E-state index is 14.8. The zero-order valence-electron chi connectivity index (χ0n) is 16.6. The van der Waals surface area contributed by atoms with Gasteiger partial charge in [-0.25, -0.2) is 4.39 Å².